The molecule has 0 radical (unpaired) electrons. The quantitative estimate of drug-likeness (QED) is 0.361. The van der Waals surface area contributed by atoms with Crippen molar-refractivity contribution in [2.45, 2.75) is 58.3 Å². The molecule has 3 aromatic rings. The maximum Gasteiger partial charge on any atom is 0.216 e. The van der Waals surface area contributed by atoms with Gasteiger partial charge in [-0.05, 0) is 42.0 Å². The number of halogens is 4. The van der Waals surface area contributed by atoms with E-state index in [2.05, 4.69) is 15.0 Å². The minimum Gasteiger partial charge on any atom is -0.241 e. The molecule has 0 saturated carbocycles. The van der Waals surface area contributed by atoms with Crippen LogP contribution < -0.4 is 0 Å². The lowest BCUT2D eigenvalue weighted by atomic mass is 9.81. The van der Waals surface area contributed by atoms with Gasteiger partial charge in [0.1, 0.15) is 16.1 Å². The molecule has 0 aromatic carbocycles. The highest BCUT2D eigenvalue weighted by molar-refractivity contribution is 6.30. The summed E-state index contributed by atoms with van der Waals surface area (Å²) >= 11 is 12.7. The zero-order chi connectivity index (χ0) is 22.9. The van der Waals surface area contributed by atoms with Gasteiger partial charge in [-0.3, -0.25) is 0 Å². The molecular formula is C24H25Cl2F2N3. The Bertz CT molecular complexity index is 1100. The summed E-state index contributed by atoms with van der Waals surface area (Å²) in [5.74, 6) is -0.941. The van der Waals surface area contributed by atoms with Gasteiger partial charge < -0.3 is 0 Å². The van der Waals surface area contributed by atoms with Gasteiger partial charge in [0.05, 0.1) is 11.9 Å². The second-order valence-electron chi connectivity index (χ2n) is 8.64. The molecule has 0 aliphatic rings. The van der Waals surface area contributed by atoms with Crippen molar-refractivity contribution < 1.29 is 8.78 Å². The summed E-state index contributed by atoms with van der Waals surface area (Å²) in [6, 6.07) is 8.76. The van der Waals surface area contributed by atoms with E-state index in [1.165, 1.54) is 6.07 Å². The number of hydrogen-bond donors (Lipinski definition) is 0. The number of aromatic nitrogens is 3. The Morgan fingerprint density at radius 3 is 2.26 bits per heavy atom. The van der Waals surface area contributed by atoms with Gasteiger partial charge in [-0.25, -0.2) is 19.3 Å². The van der Waals surface area contributed by atoms with Crippen LogP contribution in [0.2, 0.25) is 10.3 Å². The second kappa shape index (κ2) is 9.17. The molecule has 0 amide bonds. The Balaban J connectivity index is 1.87. The van der Waals surface area contributed by atoms with Crippen molar-refractivity contribution >= 4 is 23.2 Å². The van der Waals surface area contributed by atoms with Crippen LogP contribution in [0.25, 0.3) is 0 Å². The third-order valence-electron chi connectivity index (χ3n) is 5.60. The van der Waals surface area contributed by atoms with Crippen molar-refractivity contribution in [3.8, 4) is 0 Å². The Labute approximate surface area is 191 Å². The van der Waals surface area contributed by atoms with Crippen LogP contribution in [0.3, 0.4) is 0 Å². The highest BCUT2D eigenvalue weighted by atomic mass is 35.5. The van der Waals surface area contributed by atoms with Gasteiger partial charge in [0.25, 0.3) is 0 Å². The fraction of sp³-hybridized carbons (Fsp3) is 0.375. The standard InChI is InChI=1S/C24H25Cl2F2N3/c1-13(2)17-7-9-20(31-23(17)28)24(4,5)19-8-6-16(30-22(19)26)10-14(3)18-11-15(27)12-29-21(18)25/h6-9,11-14H,10H2,1-5H3. The van der Waals surface area contributed by atoms with E-state index in [9.17, 15) is 8.78 Å². The fourth-order valence-corrected chi connectivity index (χ4v) is 4.32. The number of rotatable bonds is 6. The van der Waals surface area contributed by atoms with Gasteiger partial charge in [-0.1, -0.05) is 70.0 Å². The summed E-state index contributed by atoms with van der Waals surface area (Å²) in [5, 5.41) is 0.601. The van der Waals surface area contributed by atoms with E-state index in [0.717, 1.165) is 17.5 Å². The third-order valence-corrected chi connectivity index (χ3v) is 6.20. The smallest absolute Gasteiger partial charge is 0.216 e. The second-order valence-corrected chi connectivity index (χ2v) is 9.35. The zero-order valence-electron chi connectivity index (χ0n) is 18.2. The van der Waals surface area contributed by atoms with E-state index in [0.29, 0.717) is 28.4 Å². The number of nitrogens with zero attached hydrogens (tertiary/aromatic N) is 3. The fourth-order valence-electron chi connectivity index (χ4n) is 3.62. The maximum atomic E-state index is 14.5. The van der Waals surface area contributed by atoms with Crippen LogP contribution in [-0.2, 0) is 11.8 Å². The van der Waals surface area contributed by atoms with Crippen LogP contribution in [0, 0.1) is 11.8 Å². The molecule has 0 aliphatic carbocycles. The molecule has 1 atom stereocenters. The Morgan fingerprint density at radius 2 is 1.65 bits per heavy atom. The summed E-state index contributed by atoms with van der Waals surface area (Å²) in [7, 11) is 0. The molecule has 3 nitrogen and oxygen atoms in total. The topological polar surface area (TPSA) is 38.7 Å². The molecule has 0 saturated heterocycles. The predicted octanol–water partition coefficient (Wildman–Crippen LogP) is 7.25. The van der Waals surface area contributed by atoms with Crippen molar-refractivity contribution in [3.05, 3.63) is 86.7 Å². The van der Waals surface area contributed by atoms with E-state index in [-0.39, 0.29) is 17.0 Å². The third kappa shape index (κ3) is 5.04. The van der Waals surface area contributed by atoms with Crippen molar-refractivity contribution in [1.82, 2.24) is 15.0 Å². The number of hydrogen-bond acceptors (Lipinski definition) is 3. The molecule has 164 valence electrons. The molecule has 0 N–H and O–H groups in total. The first-order valence-electron chi connectivity index (χ1n) is 10.1. The van der Waals surface area contributed by atoms with Crippen LogP contribution in [-0.4, -0.2) is 15.0 Å². The molecular weight excluding hydrogens is 439 g/mol. The predicted molar refractivity (Wildman–Crippen MR) is 121 cm³/mol. The van der Waals surface area contributed by atoms with Gasteiger partial charge >= 0.3 is 0 Å². The first-order chi connectivity index (χ1) is 14.5. The van der Waals surface area contributed by atoms with Crippen LogP contribution in [0.15, 0.2) is 36.5 Å². The zero-order valence-corrected chi connectivity index (χ0v) is 19.7. The normalized spacial score (nSPS) is 13.0. The van der Waals surface area contributed by atoms with Crippen molar-refractivity contribution in [1.29, 1.82) is 0 Å². The summed E-state index contributed by atoms with van der Waals surface area (Å²) < 4.78 is 28.0. The van der Waals surface area contributed by atoms with Gasteiger partial charge in [0.2, 0.25) is 5.95 Å². The maximum absolute atomic E-state index is 14.5. The van der Waals surface area contributed by atoms with Crippen LogP contribution in [0.4, 0.5) is 8.78 Å². The van der Waals surface area contributed by atoms with E-state index < -0.39 is 17.2 Å². The Hall–Kier alpha value is -2.11. The molecule has 7 heteroatoms. The van der Waals surface area contributed by atoms with Crippen LogP contribution >= 0.6 is 23.2 Å². The SMILES string of the molecule is CC(C)c1ccc(C(C)(C)c2ccc(CC(C)c3cc(F)cnc3Cl)nc2Cl)nc1F. The summed E-state index contributed by atoms with van der Waals surface area (Å²) in [6.45, 7) is 9.66. The van der Waals surface area contributed by atoms with Crippen LogP contribution in [0.1, 0.15) is 74.5 Å². The lowest BCUT2D eigenvalue weighted by Crippen LogP contribution is -2.23. The molecule has 3 rings (SSSR count). The van der Waals surface area contributed by atoms with Crippen molar-refractivity contribution in [2.24, 2.45) is 0 Å². The molecule has 0 fully saturated rings. The lowest BCUT2D eigenvalue weighted by Gasteiger charge is -2.26. The van der Waals surface area contributed by atoms with Gasteiger partial charge in [0, 0.05) is 22.2 Å². The summed E-state index contributed by atoms with van der Waals surface area (Å²) in [6.07, 6.45) is 1.61. The highest BCUT2D eigenvalue weighted by Crippen LogP contribution is 2.36. The molecule has 1 unspecified atom stereocenters. The van der Waals surface area contributed by atoms with Gasteiger partial charge in [0.15, 0.2) is 0 Å². The van der Waals surface area contributed by atoms with Crippen LogP contribution in [0.5, 0.6) is 0 Å². The van der Waals surface area contributed by atoms with E-state index >= 15 is 0 Å². The van der Waals surface area contributed by atoms with Gasteiger partial charge in [-0.2, -0.15) is 4.39 Å². The number of pyridine rings is 3. The minimum absolute atomic E-state index is 0.0537. The van der Waals surface area contributed by atoms with Crippen molar-refractivity contribution in [2.75, 3.05) is 0 Å². The summed E-state index contributed by atoms with van der Waals surface area (Å²) in [5.41, 5.74) is 2.64. The van der Waals surface area contributed by atoms with E-state index in [1.54, 1.807) is 6.07 Å². The van der Waals surface area contributed by atoms with Crippen molar-refractivity contribution in [3.63, 3.8) is 0 Å². The molecule has 3 aromatic heterocycles. The van der Waals surface area contributed by atoms with Gasteiger partial charge in [-0.15, -0.1) is 0 Å². The average Bonchev–Trinajstić information content (AvgIpc) is 2.69. The average molecular weight is 464 g/mol. The minimum atomic E-state index is -0.639. The van der Waals surface area contributed by atoms with E-state index in [1.807, 2.05) is 52.8 Å². The largest absolute Gasteiger partial charge is 0.241 e. The molecule has 0 spiro atoms. The first-order valence-corrected chi connectivity index (χ1v) is 10.9. The Kier molecular flexibility index (Phi) is 6.97. The summed E-state index contributed by atoms with van der Waals surface area (Å²) in [4.78, 5) is 12.6. The monoisotopic (exact) mass is 463 g/mol. The lowest BCUT2D eigenvalue weighted by molar-refractivity contribution is 0.524. The molecule has 3 heterocycles. The molecule has 31 heavy (non-hydrogen) atoms. The van der Waals surface area contributed by atoms with E-state index in [4.69, 9.17) is 23.2 Å². The molecule has 0 aliphatic heterocycles. The highest BCUT2D eigenvalue weighted by Gasteiger charge is 2.29. The Morgan fingerprint density at radius 1 is 0.935 bits per heavy atom. The molecule has 0 bridgehead atoms. The first kappa shape index (κ1) is 23.6.